The molecule has 0 fully saturated rings. The monoisotopic (exact) mass is 802 g/mol. The molecule has 11 rings (SSSR count). The lowest BCUT2D eigenvalue weighted by Crippen LogP contribution is -2.09. The molecular weight excluding hydrogens is 749 g/mol. The Morgan fingerprint density at radius 3 is 1.35 bits per heavy atom. The van der Waals surface area contributed by atoms with E-state index in [-0.39, 0.29) is 57.2 Å². The summed E-state index contributed by atoms with van der Waals surface area (Å²) in [6.07, 6.45) is 0. The zero-order valence-electron chi connectivity index (χ0n) is 45.2. The van der Waals surface area contributed by atoms with E-state index < -0.39 is 48.3 Å². The average Bonchev–Trinajstić information content (AvgIpc) is 3.82. The highest BCUT2D eigenvalue weighted by Crippen LogP contribution is 2.41. The fourth-order valence-corrected chi connectivity index (χ4v) is 8.19. The summed E-state index contributed by atoms with van der Waals surface area (Å²) in [7, 11) is 0. The minimum Gasteiger partial charge on any atom is -0.311 e. The molecule has 0 saturated carbocycles. The van der Waals surface area contributed by atoms with Crippen LogP contribution in [0.25, 0.3) is 83.1 Å². The van der Waals surface area contributed by atoms with Crippen molar-refractivity contribution in [2.45, 2.75) is 0 Å². The number of nitrogens with zero attached hydrogens (tertiary/aromatic N) is 2. The number of anilines is 3. The van der Waals surface area contributed by atoms with Crippen LogP contribution in [0.4, 0.5) is 17.1 Å². The first kappa shape index (κ1) is 26.1. The first-order valence-corrected chi connectivity index (χ1v) is 20.3. The largest absolute Gasteiger partial charge is 0.311 e. The lowest BCUT2D eigenvalue weighted by Gasteiger charge is -2.26. The van der Waals surface area contributed by atoms with Gasteiger partial charge in [-0.3, -0.25) is 0 Å². The van der Waals surface area contributed by atoms with Gasteiger partial charge in [-0.2, -0.15) is 0 Å². The van der Waals surface area contributed by atoms with Gasteiger partial charge in [-0.05, 0) is 111 Å². The molecule has 0 aliphatic heterocycles. The molecule has 0 amide bonds. The second-order valence-corrected chi connectivity index (χ2v) is 14.8. The molecule has 1 heterocycles. The van der Waals surface area contributed by atoms with E-state index in [1.807, 2.05) is 84.9 Å². The van der Waals surface area contributed by atoms with Gasteiger partial charge in [-0.25, -0.2) is 0 Å². The van der Waals surface area contributed by atoms with Crippen molar-refractivity contribution in [2.75, 3.05) is 4.90 Å². The summed E-state index contributed by atoms with van der Waals surface area (Å²) in [5, 5.41) is -0.0484. The fourth-order valence-electron chi connectivity index (χ4n) is 8.19. The van der Waals surface area contributed by atoms with Gasteiger partial charge in [0, 0.05) is 33.4 Å². The molecule has 62 heavy (non-hydrogen) atoms. The van der Waals surface area contributed by atoms with Gasteiger partial charge in [0.25, 0.3) is 0 Å². The van der Waals surface area contributed by atoms with Crippen molar-refractivity contribution in [1.29, 1.82) is 0 Å². The third-order valence-corrected chi connectivity index (χ3v) is 11.2. The Morgan fingerprint density at radius 1 is 0.306 bits per heavy atom. The summed E-state index contributed by atoms with van der Waals surface area (Å²) < 4.78 is 109. The van der Waals surface area contributed by atoms with Crippen LogP contribution >= 0.6 is 0 Å². The van der Waals surface area contributed by atoms with Crippen LogP contribution < -0.4 is 4.90 Å². The number of aromatic nitrogens is 1. The van der Waals surface area contributed by atoms with E-state index in [1.165, 1.54) is 4.57 Å². The molecule has 0 bridgehead atoms. The number of benzene rings is 10. The maximum atomic E-state index is 9.52. The molecule has 0 spiro atoms. The van der Waals surface area contributed by atoms with Gasteiger partial charge in [0.15, 0.2) is 0 Å². The Balaban J connectivity index is 1.07. The quantitative estimate of drug-likeness (QED) is 0.141. The first-order chi connectivity index (χ1) is 35.8. The van der Waals surface area contributed by atoms with Crippen molar-refractivity contribution in [2.24, 2.45) is 0 Å². The van der Waals surface area contributed by atoms with Gasteiger partial charge in [0.05, 0.1) is 33.2 Å². The second kappa shape index (κ2) is 16.1. The third kappa shape index (κ3) is 6.84. The maximum Gasteiger partial charge on any atom is 0.0645 e. The fraction of sp³-hybridized carbons (Fsp3) is 0. The maximum absolute atomic E-state index is 9.52. The van der Waals surface area contributed by atoms with Crippen LogP contribution in [0.5, 0.6) is 0 Å². The molecule has 2 heteroatoms. The lowest BCUT2D eigenvalue weighted by atomic mass is 9.91. The summed E-state index contributed by atoms with van der Waals surface area (Å²) >= 11 is 0. The number of para-hydroxylation sites is 3. The van der Waals surface area contributed by atoms with E-state index in [0.29, 0.717) is 33.8 Å². The van der Waals surface area contributed by atoms with Crippen LogP contribution in [0, 0.1) is 0 Å². The molecular formula is C60H42N2. The summed E-state index contributed by atoms with van der Waals surface area (Å²) in [6.45, 7) is 0. The molecule has 0 saturated heterocycles. The summed E-state index contributed by atoms with van der Waals surface area (Å²) in [5.74, 6) is 0. The van der Waals surface area contributed by atoms with E-state index in [1.54, 1.807) is 59.5 Å². The van der Waals surface area contributed by atoms with Gasteiger partial charge in [-0.15, -0.1) is 0 Å². The van der Waals surface area contributed by atoms with E-state index in [4.69, 9.17) is 11.0 Å². The lowest BCUT2D eigenvalue weighted by molar-refractivity contribution is 1.18. The van der Waals surface area contributed by atoms with Gasteiger partial charge in [0.1, 0.15) is 0 Å². The molecule has 0 aliphatic carbocycles. The van der Waals surface area contributed by atoms with Crippen LogP contribution in [0.2, 0.25) is 0 Å². The van der Waals surface area contributed by atoms with Gasteiger partial charge < -0.3 is 9.47 Å². The number of fused-ring (bicyclic) bond motifs is 3. The van der Waals surface area contributed by atoms with Crippen molar-refractivity contribution >= 4 is 38.9 Å². The molecule has 0 atom stereocenters. The Hall–Kier alpha value is -8.20. The Kier molecular flexibility index (Phi) is 6.78. The van der Waals surface area contributed by atoms with Gasteiger partial charge >= 0.3 is 0 Å². The molecule has 11 aromatic rings. The van der Waals surface area contributed by atoms with Crippen LogP contribution in [-0.4, -0.2) is 4.57 Å². The number of rotatable bonds is 9. The molecule has 0 unspecified atom stereocenters. The van der Waals surface area contributed by atoms with Crippen molar-refractivity contribution in [3.8, 4) is 61.3 Å². The zero-order valence-corrected chi connectivity index (χ0v) is 33.2. The minimum atomic E-state index is -0.525. The van der Waals surface area contributed by atoms with Crippen molar-refractivity contribution in [3.05, 3.63) is 255 Å². The molecule has 0 radical (unpaired) electrons. The normalized spacial score (nSPS) is 13.9. The van der Waals surface area contributed by atoms with E-state index in [2.05, 4.69) is 42.5 Å². The second-order valence-electron chi connectivity index (χ2n) is 14.8. The van der Waals surface area contributed by atoms with Crippen LogP contribution in [0.15, 0.2) is 255 Å². The van der Waals surface area contributed by atoms with Crippen molar-refractivity contribution in [1.82, 2.24) is 4.57 Å². The third-order valence-electron chi connectivity index (χ3n) is 11.2. The summed E-state index contributed by atoms with van der Waals surface area (Å²) in [4.78, 5) is 1.71. The average molecular weight is 803 g/mol. The number of hydrogen-bond acceptors (Lipinski definition) is 1. The summed E-state index contributed by atoms with van der Waals surface area (Å²) in [5.41, 5.74) is 9.63. The highest BCUT2D eigenvalue weighted by Gasteiger charge is 2.18. The molecule has 292 valence electrons. The summed E-state index contributed by atoms with van der Waals surface area (Å²) in [6, 6.07) is 53.3. The molecule has 1 aromatic heterocycles. The minimum absolute atomic E-state index is 0.00224. The van der Waals surface area contributed by atoms with Crippen molar-refractivity contribution in [3.63, 3.8) is 0 Å². The first-order valence-electron chi connectivity index (χ1n) is 26.3. The standard InChI is InChI=1S/C60H42N2/c1-4-16-43(17-5-1)44-28-35-50(36-29-44)61(51-37-30-45(31-38-51)49-34-41-53(46-18-6-2-7-19-46)57(42-49)47-20-8-3-9-21-47)52-39-32-48(33-40-52)54-22-10-13-25-58(54)62-59-26-14-11-23-55(59)56-24-12-15-27-60(56)62/h1-42H/i11D,12D,14D,15D,23D,24D,26D,27D,28D,29D,35D,36D. The smallest absolute Gasteiger partial charge is 0.0645 e. The van der Waals surface area contributed by atoms with E-state index in [0.717, 1.165) is 33.4 Å². The Labute approximate surface area is 379 Å². The zero-order chi connectivity index (χ0) is 51.7. The predicted molar refractivity (Wildman–Crippen MR) is 263 cm³/mol. The number of hydrogen-bond donors (Lipinski definition) is 0. The molecule has 10 aromatic carbocycles. The highest BCUT2D eigenvalue weighted by atomic mass is 15.1. The van der Waals surface area contributed by atoms with Gasteiger partial charge in [0.2, 0.25) is 0 Å². The SMILES string of the molecule is [2H]c1c([2H])c(N(c2ccc(-c3ccc(-c4ccccc4)c(-c4ccccc4)c3)cc2)c2ccc(-c3ccccc3-n3c4c([2H])c([2H])c([2H])c([2H])c4c4c([2H])c([2H])c([2H])c([2H])c43)cc2)c([2H])c([2H])c1-c1ccccc1. The Morgan fingerprint density at radius 2 is 0.758 bits per heavy atom. The van der Waals surface area contributed by atoms with Crippen LogP contribution in [-0.2, 0) is 0 Å². The van der Waals surface area contributed by atoms with Crippen LogP contribution in [0.1, 0.15) is 16.4 Å². The highest BCUT2D eigenvalue weighted by molar-refractivity contribution is 6.09. The van der Waals surface area contributed by atoms with Crippen LogP contribution in [0.3, 0.4) is 0 Å². The van der Waals surface area contributed by atoms with E-state index >= 15 is 0 Å². The Bertz CT molecular complexity index is 3910. The molecule has 0 aliphatic rings. The van der Waals surface area contributed by atoms with E-state index in [9.17, 15) is 5.48 Å². The topological polar surface area (TPSA) is 8.17 Å². The molecule has 2 nitrogen and oxygen atoms in total. The predicted octanol–water partition coefficient (Wildman–Crippen LogP) is 16.6. The van der Waals surface area contributed by atoms with Gasteiger partial charge in [-0.1, -0.05) is 194 Å². The molecule has 0 N–H and O–H groups in total. The van der Waals surface area contributed by atoms with Crippen molar-refractivity contribution < 1.29 is 16.4 Å².